The van der Waals surface area contributed by atoms with Crippen molar-refractivity contribution in [2.24, 2.45) is 0 Å². The largest absolute Gasteiger partial charge is 0.493 e. The summed E-state index contributed by atoms with van der Waals surface area (Å²) in [5, 5.41) is 6.61. The summed E-state index contributed by atoms with van der Waals surface area (Å²) in [6, 6.07) is 3.76. The highest BCUT2D eigenvalue weighted by Gasteiger charge is 2.31. The molecule has 0 spiro atoms. The fourth-order valence-corrected chi connectivity index (χ4v) is 3.80. The van der Waals surface area contributed by atoms with Crippen molar-refractivity contribution in [3.05, 3.63) is 22.6 Å². The average molecular weight is 349 g/mol. The Morgan fingerprint density at radius 1 is 1.21 bits per heavy atom. The van der Waals surface area contributed by atoms with Crippen LogP contribution < -0.4 is 24.8 Å². The number of benzene rings is 1. The van der Waals surface area contributed by atoms with E-state index in [1.165, 1.54) is 11.3 Å². The van der Waals surface area contributed by atoms with Gasteiger partial charge in [-0.05, 0) is 17.7 Å². The number of methoxy groups -OCH3 is 3. The molecule has 1 aliphatic heterocycles. The number of hydrogen-bond donors (Lipinski definition) is 2. The van der Waals surface area contributed by atoms with E-state index in [4.69, 9.17) is 14.2 Å². The Bertz CT molecular complexity index is 750. The van der Waals surface area contributed by atoms with Gasteiger partial charge in [0.1, 0.15) is 5.82 Å². The minimum absolute atomic E-state index is 0.0609. The number of aromatic nitrogens is 1. The third-order valence-electron chi connectivity index (χ3n) is 3.92. The molecule has 2 N–H and O–H groups in total. The number of nitrogens with zero attached hydrogens (tertiary/aromatic N) is 1. The highest BCUT2D eigenvalue weighted by molar-refractivity contribution is 7.16. The van der Waals surface area contributed by atoms with Gasteiger partial charge in [0.15, 0.2) is 16.6 Å². The van der Waals surface area contributed by atoms with Crippen molar-refractivity contribution >= 4 is 28.2 Å². The summed E-state index contributed by atoms with van der Waals surface area (Å²) < 4.78 is 16.2. The van der Waals surface area contributed by atoms with Crippen LogP contribution in [-0.2, 0) is 4.79 Å². The van der Waals surface area contributed by atoms with Crippen molar-refractivity contribution in [2.45, 2.75) is 12.3 Å². The Labute approximate surface area is 143 Å². The summed E-state index contributed by atoms with van der Waals surface area (Å²) >= 11 is 1.53. The maximum atomic E-state index is 12.1. The van der Waals surface area contributed by atoms with Gasteiger partial charge >= 0.3 is 0 Å². The van der Waals surface area contributed by atoms with E-state index in [1.54, 1.807) is 28.4 Å². The highest BCUT2D eigenvalue weighted by atomic mass is 32.1. The van der Waals surface area contributed by atoms with Crippen molar-refractivity contribution in [3.63, 3.8) is 0 Å². The lowest BCUT2D eigenvalue weighted by molar-refractivity contribution is -0.116. The number of carbonyl (C=O) groups is 1. The van der Waals surface area contributed by atoms with Crippen LogP contribution in [0.25, 0.3) is 0 Å². The topological polar surface area (TPSA) is 81.7 Å². The molecule has 0 radical (unpaired) electrons. The molecule has 1 atom stereocenters. The van der Waals surface area contributed by atoms with E-state index in [0.29, 0.717) is 29.5 Å². The van der Waals surface area contributed by atoms with Gasteiger partial charge in [-0.25, -0.2) is 4.98 Å². The Hall–Kier alpha value is -2.48. The molecule has 8 heteroatoms. The first-order chi connectivity index (χ1) is 11.6. The van der Waals surface area contributed by atoms with Crippen molar-refractivity contribution in [1.29, 1.82) is 0 Å². The number of rotatable bonds is 5. The second-order valence-corrected chi connectivity index (χ2v) is 6.28. The molecule has 0 unspecified atom stereocenters. The van der Waals surface area contributed by atoms with Gasteiger partial charge in [-0.15, -0.1) is 0 Å². The van der Waals surface area contributed by atoms with Gasteiger partial charge in [-0.3, -0.25) is 4.79 Å². The van der Waals surface area contributed by atoms with Crippen LogP contribution in [0.2, 0.25) is 0 Å². The first-order valence-corrected chi connectivity index (χ1v) is 8.21. The van der Waals surface area contributed by atoms with Gasteiger partial charge < -0.3 is 24.8 Å². The number of carbonyl (C=O) groups excluding carboxylic acids is 1. The summed E-state index contributed by atoms with van der Waals surface area (Å²) in [5.74, 6) is 2.11. The predicted molar refractivity (Wildman–Crippen MR) is 92.8 cm³/mol. The SMILES string of the molecule is CNc1nc2c(s1)[C@@H](c1cc(OC)c(OC)c(OC)c1)CC(=O)N2. The summed E-state index contributed by atoms with van der Waals surface area (Å²) in [7, 11) is 6.52. The van der Waals surface area contributed by atoms with Gasteiger partial charge in [0.2, 0.25) is 11.7 Å². The lowest BCUT2D eigenvalue weighted by Crippen LogP contribution is -2.22. The van der Waals surface area contributed by atoms with E-state index in [9.17, 15) is 4.79 Å². The number of hydrogen-bond acceptors (Lipinski definition) is 7. The Kier molecular flexibility index (Phi) is 4.48. The van der Waals surface area contributed by atoms with Crippen LogP contribution in [0.5, 0.6) is 17.2 Å². The molecule has 24 heavy (non-hydrogen) atoms. The molecule has 0 aliphatic carbocycles. The standard InChI is InChI=1S/C16H19N3O4S/c1-17-16-19-15-14(24-16)9(7-12(20)18-15)8-5-10(21-2)13(23-4)11(6-8)22-3/h5-6,9H,7H2,1-4H3,(H,17,19)(H,18,20)/t9-/m1/s1. The molecule has 7 nitrogen and oxygen atoms in total. The van der Waals surface area contributed by atoms with E-state index in [1.807, 2.05) is 12.1 Å². The van der Waals surface area contributed by atoms with Crippen LogP contribution >= 0.6 is 11.3 Å². The van der Waals surface area contributed by atoms with Crippen LogP contribution in [-0.4, -0.2) is 39.3 Å². The number of fused-ring (bicyclic) bond motifs is 1. The van der Waals surface area contributed by atoms with E-state index in [0.717, 1.165) is 15.6 Å². The Morgan fingerprint density at radius 2 is 1.88 bits per heavy atom. The number of amides is 1. The highest BCUT2D eigenvalue weighted by Crippen LogP contribution is 2.46. The molecule has 1 aromatic carbocycles. The Morgan fingerprint density at radius 3 is 2.42 bits per heavy atom. The second-order valence-electron chi connectivity index (χ2n) is 5.25. The first-order valence-electron chi connectivity index (χ1n) is 7.39. The zero-order valence-electron chi connectivity index (χ0n) is 13.9. The maximum Gasteiger partial charge on any atom is 0.226 e. The fraction of sp³-hybridized carbons (Fsp3) is 0.375. The smallest absolute Gasteiger partial charge is 0.226 e. The van der Waals surface area contributed by atoms with E-state index >= 15 is 0 Å². The van der Waals surface area contributed by atoms with Crippen molar-refractivity contribution < 1.29 is 19.0 Å². The van der Waals surface area contributed by atoms with Crippen molar-refractivity contribution in [2.75, 3.05) is 39.0 Å². The minimum atomic E-state index is -0.109. The number of nitrogens with one attached hydrogen (secondary N) is 2. The average Bonchev–Trinajstić information content (AvgIpc) is 3.02. The van der Waals surface area contributed by atoms with Crippen LogP contribution in [0.1, 0.15) is 22.8 Å². The van der Waals surface area contributed by atoms with Gasteiger partial charge in [0, 0.05) is 19.4 Å². The third kappa shape index (κ3) is 2.73. The summed E-state index contributed by atoms with van der Waals surface area (Å²) in [6.07, 6.45) is 0.344. The minimum Gasteiger partial charge on any atom is -0.493 e. The lowest BCUT2D eigenvalue weighted by atomic mass is 9.91. The van der Waals surface area contributed by atoms with E-state index in [2.05, 4.69) is 15.6 Å². The fourth-order valence-electron chi connectivity index (χ4n) is 2.80. The molecular weight excluding hydrogens is 330 g/mol. The molecule has 0 saturated carbocycles. The number of thiazole rings is 1. The zero-order valence-corrected chi connectivity index (χ0v) is 14.7. The molecule has 0 bridgehead atoms. The number of anilines is 2. The van der Waals surface area contributed by atoms with Gasteiger partial charge in [0.25, 0.3) is 0 Å². The molecule has 1 aliphatic rings. The first kappa shape index (κ1) is 16.4. The van der Waals surface area contributed by atoms with Gasteiger partial charge in [0.05, 0.1) is 26.2 Å². The normalized spacial score (nSPS) is 16.2. The molecule has 3 rings (SSSR count). The van der Waals surface area contributed by atoms with E-state index in [-0.39, 0.29) is 11.8 Å². The molecule has 1 amide bonds. The molecule has 1 aromatic heterocycles. The quantitative estimate of drug-likeness (QED) is 0.864. The Balaban J connectivity index is 2.12. The van der Waals surface area contributed by atoms with Crippen LogP contribution in [0.4, 0.5) is 10.9 Å². The maximum absolute atomic E-state index is 12.1. The monoisotopic (exact) mass is 349 g/mol. The van der Waals surface area contributed by atoms with Crippen LogP contribution in [0.15, 0.2) is 12.1 Å². The summed E-state index contributed by atoms with van der Waals surface area (Å²) in [4.78, 5) is 17.5. The van der Waals surface area contributed by atoms with Gasteiger partial charge in [-0.2, -0.15) is 0 Å². The zero-order chi connectivity index (χ0) is 17.3. The molecular formula is C16H19N3O4S. The molecule has 2 heterocycles. The summed E-state index contributed by atoms with van der Waals surface area (Å²) in [6.45, 7) is 0. The van der Waals surface area contributed by atoms with Crippen LogP contribution in [0, 0.1) is 0 Å². The summed E-state index contributed by atoms with van der Waals surface area (Å²) in [5.41, 5.74) is 0.923. The second kappa shape index (κ2) is 6.56. The molecule has 2 aromatic rings. The molecule has 128 valence electrons. The molecule has 0 fully saturated rings. The third-order valence-corrected chi connectivity index (χ3v) is 5.11. The van der Waals surface area contributed by atoms with Crippen LogP contribution in [0.3, 0.4) is 0 Å². The number of ether oxygens (including phenoxy) is 3. The lowest BCUT2D eigenvalue weighted by Gasteiger charge is -2.23. The van der Waals surface area contributed by atoms with Crippen molar-refractivity contribution in [1.82, 2.24) is 4.98 Å². The predicted octanol–water partition coefficient (Wildman–Crippen LogP) is 2.68. The van der Waals surface area contributed by atoms with Gasteiger partial charge in [-0.1, -0.05) is 11.3 Å². The molecule has 0 saturated heterocycles. The van der Waals surface area contributed by atoms with E-state index < -0.39 is 0 Å². The van der Waals surface area contributed by atoms with Crippen molar-refractivity contribution in [3.8, 4) is 17.2 Å².